The Morgan fingerprint density at radius 1 is 0.971 bits per heavy atom. The first-order valence-corrected chi connectivity index (χ1v) is 13.1. The number of hydrogen-bond acceptors (Lipinski definition) is 5. The number of aromatic hydroxyl groups is 1. The van der Waals surface area contributed by atoms with Gasteiger partial charge in [0, 0.05) is 32.7 Å². The van der Waals surface area contributed by atoms with Crippen LogP contribution in [0.25, 0.3) is 11.1 Å². The molecule has 0 radical (unpaired) electrons. The lowest BCUT2D eigenvalue weighted by molar-refractivity contribution is 0.215. The Balaban J connectivity index is 1.54. The van der Waals surface area contributed by atoms with Gasteiger partial charge in [-0.2, -0.15) is 0 Å². The number of phenols is 1. The predicted molar refractivity (Wildman–Crippen MR) is 140 cm³/mol. The standard InChI is InChI=1S/C26H31N5O3S/c1-30-15-17-31(18-16-30)26(28-14-13-20-7-10-23(11-8-20)35(27,33)34)29-24-19-22(9-12-25(24)32)21-5-3-2-4-6-21/h2-12,19,32H,13-18H2,1H3,(H,28,29)(H2,27,33,34). The van der Waals surface area contributed by atoms with Crippen LogP contribution in [0.15, 0.2) is 82.7 Å². The molecule has 1 heterocycles. The third-order valence-electron chi connectivity index (χ3n) is 6.07. The number of benzene rings is 3. The molecule has 9 heteroatoms. The van der Waals surface area contributed by atoms with E-state index in [1.807, 2.05) is 42.5 Å². The van der Waals surface area contributed by atoms with Crippen LogP contribution in [0, 0.1) is 0 Å². The average molecular weight is 494 g/mol. The van der Waals surface area contributed by atoms with Crippen LogP contribution >= 0.6 is 0 Å². The molecule has 0 spiro atoms. The number of aliphatic imine (C=N–C) groups is 1. The van der Waals surface area contributed by atoms with E-state index in [0.717, 1.165) is 42.9 Å². The largest absolute Gasteiger partial charge is 0.506 e. The van der Waals surface area contributed by atoms with Gasteiger partial charge in [0.15, 0.2) is 5.96 Å². The molecule has 1 fully saturated rings. The molecule has 0 saturated carbocycles. The van der Waals surface area contributed by atoms with Gasteiger partial charge in [0.1, 0.15) is 5.75 Å². The van der Waals surface area contributed by atoms with E-state index in [2.05, 4.69) is 22.2 Å². The van der Waals surface area contributed by atoms with Crippen molar-refractivity contribution in [3.8, 4) is 16.9 Å². The first-order chi connectivity index (χ1) is 16.8. The van der Waals surface area contributed by atoms with Crippen molar-refractivity contribution in [2.24, 2.45) is 10.1 Å². The second-order valence-electron chi connectivity index (χ2n) is 8.66. The minimum atomic E-state index is -3.71. The third kappa shape index (κ3) is 6.60. The van der Waals surface area contributed by atoms with Crippen LogP contribution in [-0.2, 0) is 16.4 Å². The lowest BCUT2D eigenvalue weighted by Crippen LogP contribution is -2.49. The summed E-state index contributed by atoms with van der Waals surface area (Å²) in [6.07, 6.45) is 0.639. The number of sulfonamides is 1. The van der Waals surface area contributed by atoms with Gasteiger partial charge in [-0.25, -0.2) is 13.6 Å². The van der Waals surface area contributed by atoms with Gasteiger partial charge in [-0.05, 0) is 54.4 Å². The van der Waals surface area contributed by atoms with Gasteiger partial charge < -0.3 is 20.2 Å². The molecule has 4 rings (SSSR count). The smallest absolute Gasteiger partial charge is 0.238 e. The molecule has 184 valence electrons. The number of primary sulfonamides is 1. The number of hydrogen-bond donors (Lipinski definition) is 3. The monoisotopic (exact) mass is 493 g/mol. The fourth-order valence-corrected chi connectivity index (χ4v) is 4.46. The summed E-state index contributed by atoms with van der Waals surface area (Å²) in [5.41, 5.74) is 3.63. The van der Waals surface area contributed by atoms with Gasteiger partial charge in [-0.15, -0.1) is 0 Å². The fourth-order valence-electron chi connectivity index (χ4n) is 3.94. The van der Waals surface area contributed by atoms with Crippen molar-refractivity contribution in [3.63, 3.8) is 0 Å². The van der Waals surface area contributed by atoms with E-state index in [9.17, 15) is 13.5 Å². The highest BCUT2D eigenvalue weighted by atomic mass is 32.2. The molecule has 3 aromatic rings. The minimum Gasteiger partial charge on any atom is -0.506 e. The lowest BCUT2D eigenvalue weighted by atomic mass is 10.0. The van der Waals surface area contributed by atoms with E-state index in [1.54, 1.807) is 18.2 Å². The fraction of sp³-hybridized carbons (Fsp3) is 0.269. The van der Waals surface area contributed by atoms with Crippen LogP contribution in [0.4, 0.5) is 5.69 Å². The quantitative estimate of drug-likeness (QED) is 0.277. The number of nitrogens with zero attached hydrogens (tertiary/aromatic N) is 3. The maximum atomic E-state index is 11.5. The molecule has 3 aromatic carbocycles. The number of nitrogens with two attached hydrogens (primary N) is 1. The van der Waals surface area contributed by atoms with Gasteiger partial charge >= 0.3 is 0 Å². The van der Waals surface area contributed by atoms with Crippen LogP contribution in [0.5, 0.6) is 5.75 Å². The van der Waals surface area contributed by atoms with Crippen molar-refractivity contribution in [2.45, 2.75) is 11.3 Å². The lowest BCUT2D eigenvalue weighted by Gasteiger charge is -2.34. The third-order valence-corrected chi connectivity index (χ3v) is 7.00. The average Bonchev–Trinajstić information content (AvgIpc) is 2.85. The van der Waals surface area contributed by atoms with E-state index in [1.165, 1.54) is 12.1 Å². The van der Waals surface area contributed by atoms with E-state index in [-0.39, 0.29) is 10.6 Å². The summed E-state index contributed by atoms with van der Waals surface area (Å²) < 4.78 is 23.0. The van der Waals surface area contributed by atoms with Crippen molar-refractivity contribution in [1.82, 2.24) is 9.80 Å². The van der Waals surface area contributed by atoms with E-state index in [4.69, 9.17) is 10.1 Å². The molecular weight excluding hydrogens is 462 g/mol. The summed E-state index contributed by atoms with van der Waals surface area (Å²) in [5, 5.41) is 19.1. The van der Waals surface area contributed by atoms with Crippen LogP contribution in [0.3, 0.4) is 0 Å². The number of likely N-dealkylation sites (N-methyl/N-ethyl adjacent to an activating group) is 1. The van der Waals surface area contributed by atoms with Gasteiger partial charge in [0.25, 0.3) is 0 Å². The van der Waals surface area contributed by atoms with E-state index in [0.29, 0.717) is 24.6 Å². The van der Waals surface area contributed by atoms with Gasteiger partial charge in [-0.1, -0.05) is 48.5 Å². The molecular formula is C26H31N5O3S. The minimum absolute atomic E-state index is 0.0957. The summed E-state index contributed by atoms with van der Waals surface area (Å²) >= 11 is 0. The number of nitrogens with one attached hydrogen (secondary N) is 1. The zero-order chi connectivity index (χ0) is 24.8. The highest BCUT2D eigenvalue weighted by molar-refractivity contribution is 7.89. The predicted octanol–water partition coefficient (Wildman–Crippen LogP) is 2.96. The van der Waals surface area contributed by atoms with Crippen LogP contribution in [0.1, 0.15) is 5.56 Å². The summed E-state index contributed by atoms with van der Waals surface area (Å²) in [6, 6.07) is 22.1. The molecule has 35 heavy (non-hydrogen) atoms. The highest BCUT2D eigenvalue weighted by Gasteiger charge is 2.19. The molecule has 0 aromatic heterocycles. The molecule has 0 unspecified atom stereocenters. The molecule has 1 aliphatic heterocycles. The number of piperazine rings is 1. The van der Waals surface area contributed by atoms with Crippen molar-refractivity contribution >= 4 is 21.7 Å². The number of anilines is 1. The Bertz CT molecular complexity index is 1270. The van der Waals surface area contributed by atoms with E-state index >= 15 is 0 Å². The maximum Gasteiger partial charge on any atom is 0.238 e. The topological polar surface area (TPSA) is 111 Å². The zero-order valence-corrected chi connectivity index (χ0v) is 20.6. The Morgan fingerprint density at radius 3 is 2.31 bits per heavy atom. The maximum absolute atomic E-state index is 11.5. The summed E-state index contributed by atoms with van der Waals surface area (Å²) in [5.74, 6) is 0.866. The van der Waals surface area contributed by atoms with Crippen molar-refractivity contribution in [3.05, 3.63) is 78.4 Å². The summed E-state index contributed by atoms with van der Waals surface area (Å²) in [7, 11) is -1.61. The Hall–Kier alpha value is -3.40. The first-order valence-electron chi connectivity index (χ1n) is 11.5. The number of rotatable bonds is 6. The molecule has 8 nitrogen and oxygen atoms in total. The molecule has 0 aliphatic carbocycles. The van der Waals surface area contributed by atoms with Gasteiger partial charge in [-0.3, -0.25) is 4.99 Å². The summed E-state index contributed by atoms with van der Waals surface area (Å²) in [4.78, 5) is 9.40. The first kappa shape index (κ1) is 24.7. The van der Waals surface area contributed by atoms with Gasteiger partial charge in [0.2, 0.25) is 10.0 Å². The van der Waals surface area contributed by atoms with Crippen molar-refractivity contribution in [1.29, 1.82) is 0 Å². The van der Waals surface area contributed by atoms with Crippen molar-refractivity contribution < 1.29 is 13.5 Å². The highest BCUT2D eigenvalue weighted by Crippen LogP contribution is 2.30. The van der Waals surface area contributed by atoms with Crippen molar-refractivity contribution in [2.75, 3.05) is 45.1 Å². The Morgan fingerprint density at radius 2 is 1.66 bits per heavy atom. The molecule has 1 saturated heterocycles. The SMILES string of the molecule is CN1CCN(C(=NCCc2ccc(S(N)(=O)=O)cc2)Nc2cc(-c3ccccc3)ccc2O)CC1. The second-order valence-corrected chi connectivity index (χ2v) is 10.2. The number of phenolic OH excluding ortho intramolecular Hbond substituents is 1. The second kappa shape index (κ2) is 10.9. The van der Waals surface area contributed by atoms with Crippen LogP contribution in [0.2, 0.25) is 0 Å². The van der Waals surface area contributed by atoms with Crippen LogP contribution < -0.4 is 10.5 Å². The zero-order valence-electron chi connectivity index (χ0n) is 19.8. The normalized spacial score (nSPS) is 15.3. The van der Waals surface area contributed by atoms with E-state index < -0.39 is 10.0 Å². The Kier molecular flexibility index (Phi) is 7.70. The van der Waals surface area contributed by atoms with Crippen LogP contribution in [-0.4, -0.2) is 69.1 Å². The van der Waals surface area contributed by atoms with Gasteiger partial charge in [0.05, 0.1) is 10.6 Å². The molecule has 0 bridgehead atoms. The number of guanidine groups is 1. The molecule has 0 amide bonds. The Labute approximate surface area is 206 Å². The molecule has 0 atom stereocenters. The molecule has 4 N–H and O–H groups in total. The summed E-state index contributed by atoms with van der Waals surface area (Å²) in [6.45, 7) is 4.00. The molecule has 1 aliphatic rings.